The van der Waals surface area contributed by atoms with Gasteiger partial charge in [0.25, 0.3) is 11.8 Å². The van der Waals surface area contributed by atoms with Crippen molar-refractivity contribution in [2.45, 2.75) is 44.3 Å². The van der Waals surface area contributed by atoms with Crippen molar-refractivity contribution in [1.29, 1.82) is 0 Å². The average molecular weight is 575 g/mol. The van der Waals surface area contributed by atoms with Crippen LogP contribution >= 0.6 is 0 Å². The Morgan fingerprint density at radius 2 is 1.82 bits per heavy atom. The van der Waals surface area contributed by atoms with Crippen molar-refractivity contribution in [3.8, 4) is 5.75 Å². The number of fused-ring (bicyclic) bond motifs is 1. The zero-order chi connectivity index (χ0) is 29.4. The molecule has 0 aliphatic carbocycles. The lowest BCUT2D eigenvalue weighted by Gasteiger charge is -2.22. The van der Waals surface area contributed by atoms with Gasteiger partial charge in [0.2, 0.25) is 15.5 Å². The van der Waals surface area contributed by atoms with Gasteiger partial charge in [0, 0.05) is 38.3 Å². The number of halogens is 2. The molecule has 0 fully saturated rings. The Morgan fingerprint density at radius 1 is 1.15 bits per heavy atom. The van der Waals surface area contributed by atoms with Gasteiger partial charge in [-0.05, 0) is 38.5 Å². The van der Waals surface area contributed by atoms with E-state index in [-0.39, 0.29) is 41.4 Å². The van der Waals surface area contributed by atoms with Crippen LogP contribution in [0.3, 0.4) is 0 Å². The zero-order valence-electron chi connectivity index (χ0n) is 22.0. The van der Waals surface area contributed by atoms with Crippen LogP contribution in [0.2, 0.25) is 0 Å². The predicted octanol–water partition coefficient (Wildman–Crippen LogP) is 2.59. The number of hydrogen-bond donors (Lipinski definition) is 3. The van der Waals surface area contributed by atoms with Crippen molar-refractivity contribution < 1.29 is 31.9 Å². The Balaban J connectivity index is 1.80. The summed E-state index contributed by atoms with van der Waals surface area (Å²) >= 11 is 0. The first-order chi connectivity index (χ1) is 18.9. The summed E-state index contributed by atoms with van der Waals surface area (Å²) in [6.45, 7) is 3.31. The maximum Gasteiger partial charge on any atom is 0.274 e. The third-order valence-electron chi connectivity index (χ3n) is 6.79. The number of aromatic nitrogens is 1. The van der Waals surface area contributed by atoms with E-state index in [2.05, 4.69) is 10.0 Å². The number of sulfonamides is 1. The number of carbonyl (C=O) groups excluding carboxylic acids is 2. The Bertz CT molecular complexity index is 1650. The molecule has 13 heteroatoms. The highest BCUT2D eigenvalue weighted by Crippen LogP contribution is 2.33. The highest BCUT2D eigenvalue weighted by Gasteiger charge is 2.38. The number of aromatic hydroxyl groups is 1. The summed E-state index contributed by atoms with van der Waals surface area (Å²) in [6.07, 6.45) is 0.0664. The minimum atomic E-state index is -4.13. The number of hydrogen-bond acceptors (Lipinski definition) is 6. The molecule has 2 heterocycles. The lowest BCUT2D eigenvalue weighted by Crippen LogP contribution is -2.37. The third kappa shape index (κ3) is 5.47. The molecule has 3 aromatic rings. The van der Waals surface area contributed by atoms with Crippen LogP contribution in [-0.2, 0) is 23.1 Å². The van der Waals surface area contributed by atoms with Gasteiger partial charge in [0.1, 0.15) is 17.2 Å². The normalized spacial score (nSPS) is 14.6. The largest absolute Gasteiger partial charge is 0.503 e. The van der Waals surface area contributed by atoms with Crippen LogP contribution in [0.4, 0.5) is 8.78 Å². The quantitative estimate of drug-likeness (QED) is 0.378. The summed E-state index contributed by atoms with van der Waals surface area (Å²) in [5, 5.41) is 13.2. The number of amides is 2. The molecule has 1 aromatic heterocycles. The molecule has 2 amide bonds. The molecule has 212 valence electrons. The fourth-order valence-electron chi connectivity index (χ4n) is 4.49. The first-order valence-electron chi connectivity index (χ1n) is 12.4. The molecule has 0 saturated carbocycles. The molecule has 2 aromatic carbocycles. The monoisotopic (exact) mass is 574 g/mol. The summed E-state index contributed by atoms with van der Waals surface area (Å²) in [4.78, 5) is 41.0. The lowest BCUT2D eigenvalue weighted by molar-refractivity contribution is 0.0785. The van der Waals surface area contributed by atoms with Crippen LogP contribution in [-0.4, -0.2) is 48.4 Å². The van der Waals surface area contributed by atoms with Crippen molar-refractivity contribution in [2.24, 2.45) is 0 Å². The van der Waals surface area contributed by atoms with Gasteiger partial charge in [-0.25, -0.2) is 21.9 Å². The number of rotatable bonds is 8. The zero-order valence-corrected chi connectivity index (χ0v) is 22.8. The number of benzene rings is 2. The van der Waals surface area contributed by atoms with Gasteiger partial charge in [0.15, 0.2) is 11.4 Å². The molecule has 1 atom stereocenters. The number of nitrogens with one attached hydrogen (secondary N) is 2. The van der Waals surface area contributed by atoms with Gasteiger partial charge < -0.3 is 19.9 Å². The van der Waals surface area contributed by atoms with E-state index in [1.165, 1.54) is 28.6 Å². The number of nitrogens with zero attached hydrogens (tertiary/aromatic N) is 2. The van der Waals surface area contributed by atoms with Crippen LogP contribution in [0.5, 0.6) is 5.75 Å². The third-order valence-corrected chi connectivity index (χ3v) is 8.28. The molecule has 40 heavy (non-hydrogen) atoms. The molecular formula is C27H28F2N4O6S. The second-order valence-electron chi connectivity index (χ2n) is 9.45. The Kier molecular flexibility index (Phi) is 8.08. The SMILES string of the molecule is CCN(C)C(=O)c1c(O)c(=O)c(C(=O)NCc2ccc(F)cc2F)c2n1CC[C@@H]2NS(=O)(=O)c1ccc(C)cc1. The second-order valence-corrected chi connectivity index (χ2v) is 11.2. The molecule has 4 rings (SSSR count). The standard InChI is InChI=1S/C27H28F2N4O6S/c1-4-32(3)27(37)23-25(35)24(34)21(26(36)30-14-16-7-8-17(28)13-19(16)29)22-20(11-12-33(22)23)31-40(38,39)18-9-5-15(2)6-10-18/h5-10,13,20,31,35H,4,11-12,14H2,1-3H3,(H,30,36)/t20-/m0/s1. The van der Waals surface area contributed by atoms with E-state index < -0.39 is 62.8 Å². The van der Waals surface area contributed by atoms with Crippen molar-refractivity contribution in [1.82, 2.24) is 19.5 Å². The molecule has 0 bridgehead atoms. The van der Waals surface area contributed by atoms with Crippen LogP contribution in [0.25, 0.3) is 0 Å². The Labute approximate surface area is 229 Å². The smallest absolute Gasteiger partial charge is 0.274 e. The molecule has 1 aliphatic rings. The van der Waals surface area contributed by atoms with E-state index in [9.17, 15) is 36.7 Å². The molecule has 0 unspecified atom stereocenters. The maximum atomic E-state index is 14.1. The lowest BCUT2D eigenvalue weighted by atomic mass is 10.0. The van der Waals surface area contributed by atoms with Gasteiger partial charge in [-0.2, -0.15) is 0 Å². The number of pyridine rings is 1. The Hall–Kier alpha value is -4.10. The fourth-order valence-corrected chi connectivity index (χ4v) is 5.73. The maximum absolute atomic E-state index is 14.1. The summed E-state index contributed by atoms with van der Waals surface area (Å²) in [6, 6.07) is 7.71. The van der Waals surface area contributed by atoms with Gasteiger partial charge in [0.05, 0.1) is 16.6 Å². The molecule has 10 nitrogen and oxygen atoms in total. The average Bonchev–Trinajstić information content (AvgIpc) is 3.29. The van der Waals surface area contributed by atoms with Gasteiger partial charge in [-0.3, -0.25) is 14.4 Å². The number of aryl methyl sites for hydroxylation is 1. The van der Waals surface area contributed by atoms with E-state index in [1.54, 1.807) is 26.0 Å². The topological polar surface area (TPSA) is 138 Å². The van der Waals surface area contributed by atoms with Crippen LogP contribution < -0.4 is 15.5 Å². The summed E-state index contributed by atoms with van der Waals surface area (Å²) in [5.74, 6) is -4.42. The predicted molar refractivity (Wildman–Crippen MR) is 141 cm³/mol. The van der Waals surface area contributed by atoms with Crippen LogP contribution in [0, 0.1) is 18.6 Å². The van der Waals surface area contributed by atoms with Crippen molar-refractivity contribution in [3.05, 3.63) is 92.4 Å². The van der Waals surface area contributed by atoms with E-state index in [1.807, 2.05) is 0 Å². The second kappa shape index (κ2) is 11.2. The van der Waals surface area contributed by atoms with E-state index >= 15 is 0 Å². The summed E-state index contributed by atoms with van der Waals surface area (Å²) < 4.78 is 57.6. The van der Waals surface area contributed by atoms with Crippen LogP contribution in [0.1, 0.15) is 57.1 Å². The fraction of sp³-hybridized carbons (Fsp3) is 0.296. The molecule has 0 spiro atoms. The molecule has 1 aliphatic heterocycles. The van der Waals surface area contributed by atoms with Gasteiger partial charge in [-0.1, -0.05) is 23.8 Å². The minimum absolute atomic E-state index is 0.00968. The first kappa shape index (κ1) is 28.9. The highest BCUT2D eigenvalue weighted by atomic mass is 32.2. The first-order valence-corrected chi connectivity index (χ1v) is 13.9. The highest BCUT2D eigenvalue weighted by molar-refractivity contribution is 7.89. The van der Waals surface area contributed by atoms with Crippen molar-refractivity contribution in [2.75, 3.05) is 13.6 Å². The summed E-state index contributed by atoms with van der Waals surface area (Å²) in [5.41, 5.74) is -1.48. The minimum Gasteiger partial charge on any atom is -0.503 e. The van der Waals surface area contributed by atoms with Crippen molar-refractivity contribution >= 4 is 21.8 Å². The summed E-state index contributed by atoms with van der Waals surface area (Å²) in [7, 11) is -2.67. The molecular weight excluding hydrogens is 546 g/mol. The van der Waals surface area contributed by atoms with E-state index in [0.29, 0.717) is 6.07 Å². The van der Waals surface area contributed by atoms with E-state index in [0.717, 1.165) is 17.7 Å². The van der Waals surface area contributed by atoms with Gasteiger partial charge in [-0.15, -0.1) is 0 Å². The van der Waals surface area contributed by atoms with E-state index in [4.69, 9.17) is 0 Å². The van der Waals surface area contributed by atoms with Gasteiger partial charge >= 0.3 is 0 Å². The molecule has 0 radical (unpaired) electrons. The number of carbonyl (C=O) groups is 2. The Morgan fingerprint density at radius 3 is 2.45 bits per heavy atom. The molecule has 3 N–H and O–H groups in total. The van der Waals surface area contributed by atoms with Crippen LogP contribution in [0.15, 0.2) is 52.2 Å². The van der Waals surface area contributed by atoms with Crippen molar-refractivity contribution in [3.63, 3.8) is 0 Å². The molecule has 0 saturated heterocycles.